The van der Waals surface area contributed by atoms with E-state index in [0.717, 1.165) is 12.1 Å². The van der Waals surface area contributed by atoms with Crippen LogP contribution >= 0.6 is 0 Å². The number of nitrogens with two attached hydrogens (primary N) is 2. The number of hydrogen-bond acceptors (Lipinski definition) is 14. The van der Waals surface area contributed by atoms with Gasteiger partial charge in [0, 0.05) is 86.6 Å². The van der Waals surface area contributed by atoms with Crippen molar-refractivity contribution in [2.24, 2.45) is 28.3 Å². The first-order chi connectivity index (χ1) is 45.5. The van der Waals surface area contributed by atoms with Gasteiger partial charge in [-0.1, -0.05) is 57.9 Å². The van der Waals surface area contributed by atoms with E-state index in [2.05, 4.69) is 62.5 Å². The normalized spacial score (nSPS) is 19.8. The fraction of sp³-hybridized carbons (Fsp3) is 0.525. The van der Waals surface area contributed by atoms with Crippen molar-refractivity contribution < 1.29 is 71.9 Å². The van der Waals surface area contributed by atoms with Gasteiger partial charge < -0.3 is 84.4 Å². The van der Waals surface area contributed by atoms with E-state index in [1.807, 2.05) is 0 Å². The number of aliphatic hydroxyl groups excluding tert-OH is 1. The van der Waals surface area contributed by atoms with Crippen molar-refractivity contribution in [2.45, 2.75) is 159 Å². The number of aromatic hydroxyl groups is 1. The van der Waals surface area contributed by atoms with Gasteiger partial charge in [-0.15, -0.1) is 0 Å². The molecule has 10 amide bonds. The number of nitrogens with zero attached hydrogens (tertiary/aromatic N) is 3. The number of amides is 10. The number of aromatic amines is 2. The molecule has 4 heterocycles. The lowest BCUT2D eigenvalue weighted by Gasteiger charge is -2.31. The highest BCUT2D eigenvalue weighted by Crippen LogP contribution is 2.22. The van der Waals surface area contributed by atoms with Gasteiger partial charge in [-0.25, -0.2) is 4.98 Å². The summed E-state index contributed by atoms with van der Waals surface area (Å²) in [4.78, 5) is 157. The van der Waals surface area contributed by atoms with Crippen LogP contribution in [0.5, 0.6) is 5.75 Å². The van der Waals surface area contributed by atoms with Crippen molar-refractivity contribution >= 4 is 75.9 Å². The average Bonchev–Trinajstić information content (AvgIpc) is 0.956. The maximum absolute atomic E-state index is 15.2. The molecular formula is C59H84N16O12. The number of carbonyl (C=O) groups excluding carboxylic acids is 10. The molecule has 2 aromatic heterocycles. The van der Waals surface area contributed by atoms with E-state index < -0.39 is 165 Å². The summed E-state index contributed by atoms with van der Waals surface area (Å²) in [5, 5.41) is 43.1. The number of benzene rings is 2. The Bertz CT molecular complexity index is 3490. The van der Waals surface area contributed by atoms with Crippen molar-refractivity contribution in [1.82, 2.24) is 67.7 Å². The van der Waals surface area contributed by atoms with Crippen molar-refractivity contribution in [3.05, 3.63) is 84.1 Å². The summed E-state index contributed by atoms with van der Waals surface area (Å²) in [5.74, 6) is -16.7. The topological polar surface area (TPSA) is 432 Å². The molecule has 0 bridgehead atoms. The summed E-state index contributed by atoms with van der Waals surface area (Å²) in [6.45, 7) is -4.78. The first-order valence-corrected chi connectivity index (χ1v) is 28.5. The average molecular weight is 1220 g/mol. The highest BCUT2D eigenvalue weighted by atomic mass is 16.3. The zero-order valence-electron chi connectivity index (χ0n) is 58.4. The molecule has 2 saturated heterocycles. The van der Waals surface area contributed by atoms with Crippen LogP contribution in [0.3, 0.4) is 0 Å². The summed E-state index contributed by atoms with van der Waals surface area (Å²) >= 11 is 0. The molecule has 2 aliphatic rings. The number of nitrogens with one attached hydrogen (secondary N) is 11. The number of fused-ring (bicyclic) bond motifs is 1. The maximum atomic E-state index is 15.2. The largest absolute Gasteiger partial charge is 0.508 e. The molecule has 2 aliphatic heterocycles. The van der Waals surface area contributed by atoms with Crippen LogP contribution in [0.1, 0.15) is 116 Å². The molecular weight excluding hydrogens is 1120 g/mol. The van der Waals surface area contributed by atoms with Gasteiger partial charge in [0.05, 0.1) is 14.3 Å². The van der Waals surface area contributed by atoms with Crippen molar-refractivity contribution in [3.63, 3.8) is 0 Å². The number of likely N-dealkylation sites (tertiary alicyclic amines) is 1. The van der Waals surface area contributed by atoms with E-state index in [0.29, 0.717) is 28.6 Å². The van der Waals surface area contributed by atoms with Crippen molar-refractivity contribution in [3.8, 4) is 5.75 Å². The van der Waals surface area contributed by atoms with Gasteiger partial charge in [-0.2, -0.15) is 0 Å². The Labute approximate surface area is 518 Å². The molecule has 9 atom stereocenters. The third-order valence-electron chi connectivity index (χ3n) is 14.3. The Morgan fingerprint density at radius 1 is 0.793 bits per heavy atom. The number of likely N-dealkylation sites (N-methyl/N-ethyl adjacent to an activating group) is 1. The second-order valence-corrected chi connectivity index (χ2v) is 21.4. The second kappa shape index (κ2) is 32.4. The Morgan fingerprint density at radius 2 is 1.44 bits per heavy atom. The third kappa shape index (κ3) is 20.0. The summed E-state index contributed by atoms with van der Waals surface area (Å²) in [5.41, 5.74) is 12.5. The first-order valence-electron chi connectivity index (χ1n) is 33.5. The van der Waals surface area contributed by atoms with Gasteiger partial charge in [-0.3, -0.25) is 52.9 Å². The second-order valence-electron chi connectivity index (χ2n) is 21.4. The number of para-hydroxylation sites is 1. The molecule has 4 aromatic rings. The lowest BCUT2D eigenvalue weighted by Crippen LogP contribution is -2.61. The van der Waals surface area contributed by atoms with Gasteiger partial charge in [0.25, 0.3) is 0 Å². The van der Waals surface area contributed by atoms with Crippen LogP contribution in [-0.4, -0.2) is 176 Å². The molecule has 0 saturated carbocycles. The van der Waals surface area contributed by atoms with E-state index in [9.17, 15) is 52.7 Å². The molecule has 2 fully saturated rings. The third-order valence-corrected chi connectivity index (χ3v) is 14.3. The minimum Gasteiger partial charge on any atom is -0.508 e. The number of imidazole rings is 1. The molecule has 472 valence electrons. The molecule has 28 heteroatoms. The number of phenols is 1. The monoisotopic (exact) mass is 1220 g/mol. The molecule has 87 heavy (non-hydrogen) atoms. The smallest absolute Gasteiger partial charge is 0.245 e. The molecule has 6 rings (SSSR count). The number of hydrogen-bond donors (Lipinski definition) is 15. The van der Waals surface area contributed by atoms with Gasteiger partial charge >= 0.3 is 0 Å². The van der Waals surface area contributed by atoms with E-state index in [-0.39, 0.29) is 81.9 Å². The fourth-order valence-corrected chi connectivity index (χ4v) is 9.97. The van der Waals surface area contributed by atoms with Gasteiger partial charge in [-0.05, 0) is 93.0 Å². The van der Waals surface area contributed by atoms with Crippen LogP contribution in [-0.2, 0) is 67.2 Å². The van der Waals surface area contributed by atoms with Crippen LogP contribution in [0.25, 0.3) is 10.9 Å². The van der Waals surface area contributed by atoms with Crippen LogP contribution in [0.15, 0.2) is 72.2 Å². The van der Waals surface area contributed by atoms with Gasteiger partial charge in [0.2, 0.25) is 59.1 Å². The number of carbonyl (C=O) groups is 10. The lowest BCUT2D eigenvalue weighted by molar-refractivity contribution is -0.142. The predicted octanol–water partition coefficient (Wildman–Crippen LogP) is -1.44. The number of rotatable bonds is 32. The summed E-state index contributed by atoms with van der Waals surface area (Å²) in [7, 11) is 0. The summed E-state index contributed by atoms with van der Waals surface area (Å²) < 4.78 is 87.0. The number of phenolic OH excluding ortho intramolecular Hbond substituents is 1. The Kier molecular flexibility index (Phi) is 19.9. The molecule has 0 unspecified atom stereocenters. The van der Waals surface area contributed by atoms with Gasteiger partial charge in [0.1, 0.15) is 60.1 Å². The van der Waals surface area contributed by atoms with Crippen molar-refractivity contribution in [1.29, 1.82) is 0 Å². The Morgan fingerprint density at radius 3 is 2.08 bits per heavy atom. The molecule has 0 aliphatic carbocycles. The van der Waals surface area contributed by atoms with E-state index >= 15 is 9.59 Å². The van der Waals surface area contributed by atoms with Crippen LogP contribution in [0, 0.1) is 11.8 Å². The quantitative estimate of drug-likeness (QED) is 0.0151. The molecule has 0 radical (unpaired) electrons. The van der Waals surface area contributed by atoms with Crippen LogP contribution in [0.4, 0.5) is 0 Å². The van der Waals surface area contributed by atoms with E-state index in [1.54, 1.807) is 56.6 Å². The Balaban J connectivity index is 1.37. The molecule has 17 N–H and O–H groups in total. The van der Waals surface area contributed by atoms with Gasteiger partial charge in [0.15, 0.2) is 5.96 Å². The maximum Gasteiger partial charge on any atom is 0.245 e. The highest BCUT2D eigenvalue weighted by molar-refractivity contribution is 5.99. The molecule has 28 nitrogen and oxygen atoms in total. The molecule has 0 spiro atoms. The number of H-pyrrole nitrogens is 2. The summed E-state index contributed by atoms with van der Waals surface area (Å²) in [6.07, 6.45) is -1.39. The first kappa shape index (κ1) is 53.4. The van der Waals surface area contributed by atoms with Crippen LogP contribution in [0.2, 0.25) is 0 Å². The highest BCUT2D eigenvalue weighted by Gasteiger charge is 2.40. The lowest BCUT2D eigenvalue weighted by atomic mass is 9.98. The summed E-state index contributed by atoms with van der Waals surface area (Å²) in [6, 6.07) is -5.56. The number of aromatic nitrogens is 3. The minimum atomic E-state index is -4.60. The molecule has 2 aromatic carbocycles. The number of aliphatic imine (C=N–C) groups is 1. The Hall–Kier alpha value is -9.08. The SMILES string of the molecule is [2H]C([2H])([2H])C([2H])(C([2H])([2H])[2H])C([2H])([2H])[C@]([2H])(NC(=O)[C@H](Cc1ccc(O)cc1)NC(=O)[C@H](CO)NC(=O)[C@H](Cc1c[nH]c2ccccc12)NC(=O)[C@H](Cc1cnc[nH]1)NC(=O)[C@@H]1CCC(=O)N1)C(=O)N[C@@H](CC(C)C)C(=O)N[C@@H](CCCN=C(N)N)C(=O)N1CCC[C@H]1C(=O)NCC. The zero-order chi connectivity index (χ0) is 72.0. The standard InChI is InChI=1S/C59H84N16O12/c1-6-63-57(86)48-14-10-22-75(48)58(87)41(13-9-21-64-59(60)61)68-51(80)42(23-32(2)3)69-52(81)43(24-33(4)5)70-53(82)44(25-34-15-17-37(77)18-16-34)71-56(85)47(30-76)74-54(83)45(26-35-28-65-39-12-8-7-11-38(35)39)72-55(84)46(27-36-29-62-31-66-36)73-50(79)40-19-20-49(78)67-40/h7-8,11-12,15-18,28-29,31-33,40-48,65,76-77H,6,9-10,13-14,19-27,30H2,1-5H3,(H,62,66)(H,63,86)(H,67,78)(H,68,80)(H,69,81)(H,70,82)(H,71,85)(H,72,84)(H,73,79)(H,74,83)(H4,60,61,64)/t40-,41-,42-,43-,44-,45-,46-,47-,48-/m0/s1/i4D3,5D3,24D2,33D,43D. The minimum absolute atomic E-state index is 0.0404. The van der Waals surface area contributed by atoms with Crippen LogP contribution < -0.4 is 59.3 Å². The van der Waals surface area contributed by atoms with Crippen molar-refractivity contribution in [2.75, 3.05) is 26.2 Å². The number of guanidine groups is 1. The van der Waals surface area contributed by atoms with E-state index in [1.165, 1.54) is 29.6 Å². The fourth-order valence-electron chi connectivity index (χ4n) is 9.97. The number of aliphatic hydroxyl groups is 1. The zero-order valence-corrected chi connectivity index (χ0v) is 48.4. The van der Waals surface area contributed by atoms with E-state index in [4.69, 9.17) is 21.1 Å². The predicted molar refractivity (Wildman–Crippen MR) is 320 cm³/mol.